The van der Waals surface area contributed by atoms with E-state index < -0.39 is 17.9 Å². The summed E-state index contributed by atoms with van der Waals surface area (Å²) >= 11 is 0. The van der Waals surface area contributed by atoms with Gasteiger partial charge in [-0.25, -0.2) is 4.79 Å². The number of aliphatic carboxylic acids is 1. The van der Waals surface area contributed by atoms with Crippen LogP contribution in [0.2, 0.25) is 0 Å². The quantitative estimate of drug-likeness (QED) is 0.480. The number of rotatable bonds is 8. The van der Waals surface area contributed by atoms with E-state index in [0.29, 0.717) is 30.7 Å². The number of carbonyl (C=O) groups is 3. The van der Waals surface area contributed by atoms with Crippen LogP contribution in [0.25, 0.3) is 11.1 Å². The van der Waals surface area contributed by atoms with Gasteiger partial charge in [0.05, 0.1) is 18.6 Å². The van der Waals surface area contributed by atoms with Crippen LogP contribution in [0.15, 0.2) is 72.8 Å². The van der Waals surface area contributed by atoms with Crippen LogP contribution in [0.3, 0.4) is 0 Å². The van der Waals surface area contributed by atoms with Crippen molar-refractivity contribution in [3.05, 3.63) is 89.5 Å². The number of nitrogens with one attached hydrogen (secondary N) is 1. The fourth-order valence-electron chi connectivity index (χ4n) is 4.81. The number of carboxylic acids is 1. The normalized spacial score (nSPS) is 16.1. The monoisotopic (exact) mass is 500 g/mol. The zero-order valence-corrected chi connectivity index (χ0v) is 21.1. The van der Waals surface area contributed by atoms with E-state index in [1.54, 1.807) is 29.2 Å². The number of benzene rings is 3. The smallest absolute Gasteiger partial charge is 0.326 e. The molecule has 7 nitrogen and oxygen atoms in total. The number of hydrogen-bond donors (Lipinski definition) is 2. The highest BCUT2D eigenvalue weighted by molar-refractivity contribution is 5.97. The van der Waals surface area contributed by atoms with Gasteiger partial charge >= 0.3 is 5.97 Å². The number of amides is 2. The molecule has 3 aromatic rings. The number of ether oxygens (including phenoxy) is 1. The van der Waals surface area contributed by atoms with Crippen molar-refractivity contribution in [3.63, 3.8) is 0 Å². The van der Waals surface area contributed by atoms with Crippen LogP contribution in [0, 0.1) is 12.8 Å². The van der Waals surface area contributed by atoms with Crippen LogP contribution >= 0.6 is 0 Å². The first-order valence-corrected chi connectivity index (χ1v) is 12.5. The van der Waals surface area contributed by atoms with Crippen molar-refractivity contribution < 1.29 is 24.2 Å². The Labute approximate surface area is 217 Å². The van der Waals surface area contributed by atoms with E-state index in [2.05, 4.69) is 24.4 Å². The minimum absolute atomic E-state index is 0.172. The number of piperidine rings is 1. The van der Waals surface area contributed by atoms with Gasteiger partial charge in [-0.05, 0) is 54.2 Å². The van der Waals surface area contributed by atoms with Crippen molar-refractivity contribution in [3.8, 4) is 16.9 Å². The van der Waals surface area contributed by atoms with Gasteiger partial charge in [-0.2, -0.15) is 0 Å². The Morgan fingerprint density at radius 3 is 2.43 bits per heavy atom. The minimum Gasteiger partial charge on any atom is -0.496 e. The highest BCUT2D eigenvalue weighted by atomic mass is 16.5. The van der Waals surface area contributed by atoms with Gasteiger partial charge in [0.2, 0.25) is 5.91 Å². The first-order chi connectivity index (χ1) is 17.9. The average molecular weight is 501 g/mol. The third-order valence-corrected chi connectivity index (χ3v) is 6.88. The van der Waals surface area contributed by atoms with Gasteiger partial charge in [0.25, 0.3) is 5.91 Å². The van der Waals surface area contributed by atoms with Crippen LogP contribution in [-0.2, 0) is 16.0 Å². The number of para-hydroxylation sites is 1. The highest BCUT2D eigenvalue weighted by Crippen LogP contribution is 2.25. The summed E-state index contributed by atoms with van der Waals surface area (Å²) in [7, 11) is 1.51. The molecule has 1 saturated heterocycles. The molecule has 3 aromatic carbocycles. The molecule has 0 saturated carbocycles. The Balaban J connectivity index is 1.40. The molecule has 1 aliphatic heterocycles. The molecule has 1 aliphatic rings. The Hall–Kier alpha value is -4.13. The first kappa shape index (κ1) is 25.9. The molecule has 37 heavy (non-hydrogen) atoms. The van der Waals surface area contributed by atoms with Crippen molar-refractivity contribution in [1.29, 1.82) is 0 Å². The number of hydrogen-bond acceptors (Lipinski definition) is 4. The molecular formula is C30H32N2O5. The van der Waals surface area contributed by atoms with Crippen LogP contribution in [-0.4, -0.2) is 54.0 Å². The average Bonchev–Trinajstić information content (AvgIpc) is 2.93. The fourth-order valence-corrected chi connectivity index (χ4v) is 4.81. The van der Waals surface area contributed by atoms with Gasteiger partial charge < -0.3 is 20.1 Å². The summed E-state index contributed by atoms with van der Waals surface area (Å²) < 4.78 is 5.31. The Morgan fingerprint density at radius 2 is 1.73 bits per heavy atom. The lowest BCUT2D eigenvalue weighted by Crippen LogP contribution is -2.50. The van der Waals surface area contributed by atoms with Gasteiger partial charge in [-0.15, -0.1) is 0 Å². The van der Waals surface area contributed by atoms with E-state index in [-0.39, 0.29) is 24.8 Å². The molecule has 4 rings (SSSR count). The zero-order chi connectivity index (χ0) is 26.4. The lowest BCUT2D eigenvalue weighted by molar-refractivity contribution is -0.142. The summed E-state index contributed by atoms with van der Waals surface area (Å²) in [5.74, 6) is -1.62. The number of nitrogens with zero attached hydrogens (tertiary/aromatic N) is 1. The fraction of sp³-hybridized carbons (Fsp3) is 0.300. The van der Waals surface area contributed by atoms with E-state index >= 15 is 0 Å². The molecular weight excluding hydrogens is 468 g/mol. The molecule has 0 aromatic heterocycles. The van der Waals surface area contributed by atoms with Crippen molar-refractivity contribution >= 4 is 17.8 Å². The maximum atomic E-state index is 13.1. The van der Waals surface area contributed by atoms with E-state index in [9.17, 15) is 19.5 Å². The van der Waals surface area contributed by atoms with Crippen molar-refractivity contribution in [2.45, 2.75) is 32.2 Å². The van der Waals surface area contributed by atoms with E-state index in [4.69, 9.17) is 4.74 Å². The molecule has 2 atom stereocenters. The van der Waals surface area contributed by atoms with Gasteiger partial charge in [0, 0.05) is 19.5 Å². The summed E-state index contributed by atoms with van der Waals surface area (Å²) in [4.78, 5) is 39.8. The first-order valence-electron chi connectivity index (χ1n) is 12.5. The van der Waals surface area contributed by atoms with Crippen LogP contribution in [0.1, 0.15) is 34.3 Å². The lowest BCUT2D eigenvalue weighted by atomic mass is 9.95. The molecule has 7 heteroatoms. The third kappa shape index (κ3) is 6.17. The Kier molecular flexibility index (Phi) is 8.23. The molecule has 2 amide bonds. The molecule has 1 heterocycles. The SMILES string of the molecule is COc1ccccc1C(=O)N1CCCC(C(=O)N[C@@H](Cc2ccc(-c3ccccc3C)cc2)C(=O)O)C1. The van der Waals surface area contributed by atoms with Gasteiger partial charge in [0.15, 0.2) is 0 Å². The van der Waals surface area contributed by atoms with Crippen molar-refractivity contribution in [1.82, 2.24) is 10.2 Å². The highest BCUT2D eigenvalue weighted by Gasteiger charge is 2.32. The predicted octanol–water partition coefficient (Wildman–Crippen LogP) is 4.33. The van der Waals surface area contributed by atoms with Gasteiger partial charge in [-0.1, -0.05) is 60.7 Å². The van der Waals surface area contributed by atoms with E-state index in [1.165, 1.54) is 7.11 Å². The zero-order valence-electron chi connectivity index (χ0n) is 21.1. The van der Waals surface area contributed by atoms with Crippen molar-refractivity contribution in [2.75, 3.05) is 20.2 Å². The molecule has 1 unspecified atom stereocenters. The maximum absolute atomic E-state index is 13.1. The number of likely N-dealkylation sites (tertiary alicyclic amines) is 1. The topological polar surface area (TPSA) is 95.9 Å². The summed E-state index contributed by atoms with van der Waals surface area (Å²) in [5.41, 5.74) is 4.61. The molecule has 0 bridgehead atoms. The predicted molar refractivity (Wildman–Crippen MR) is 142 cm³/mol. The van der Waals surface area contributed by atoms with Gasteiger partial charge in [0.1, 0.15) is 11.8 Å². The second-order valence-corrected chi connectivity index (χ2v) is 9.41. The number of carboxylic acid groups (broad SMARTS) is 1. The Bertz CT molecular complexity index is 1270. The number of aryl methyl sites for hydroxylation is 1. The molecule has 2 N–H and O–H groups in total. The summed E-state index contributed by atoms with van der Waals surface area (Å²) in [6.45, 7) is 2.83. The molecule has 0 aliphatic carbocycles. The van der Waals surface area contributed by atoms with E-state index in [0.717, 1.165) is 22.3 Å². The number of methoxy groups -OCH3 is 1. The van der Waals surface area contributed by atoms with Crippen LogP contribution in [0.5, 0.6) is 5.75 Å². The Morgan fingerprint density at radius 1 is 1.03 bits per heavy atom. The molecule has 192 valence electrons. The minimum atomic E-state index is -1.09. The molecule has 0 radical (unpaired) electrons. The largest absolute Gasteiger partial charge is 0.496 e. The molecule has 0 spiro atoms. The standard InChI is InChI=1S/C30H32N2O5/c1-20-8-3-4-10-24(20)22-15-13-21(14-16-22)18-26(30(35)36)31-28(33)23-9-7-17-32(19-23)29(34)25-11-5-6-12-27(25)37-2/h3-6,8,10-16,23,26H,7,9,17-19H2,1-2H3,(H,31,33)(H,35,36)/t23?,26-/m0/s1. The lowest BCUT2D eigenvalue weighted by Gasteiger charge is -2.33. The second kappa shape index (κ2) is 11.7. The van der Waals surface area contributed by atoms with E-state index in [1.807, 2.05) is 36.4 Å². The summed E-state index contributed by atoms with van der Waals surface area (Å²) in [6, 6.07) is 21.8. The van der Waals surface area contributed by atoms with Crippen LogP contribution in [0.4, 0.5) is 0 Å². The summed E-state index contributed by atoms with van der Waals surface area (Å²) in [5, 5.41) is 12.5. The molecule has 1 fully saturated rings. The summed E-state index contributed by atoms with van der Waals surface area (Å²) in [6.07, 6.45) is 1.43. The third-order valence-electron chi connectivity index (χ3n) is 6.88. The van der Waals surface area contributed by atoms with Crippen molar-refractivity contribution in [2.24, 2.45) is 5.92 Å². The maximum Gasteiger partial charge on any atom is 0.326 e. The van der Waals surface area contributed by atoms with Crippen LogP contribution < -0.4 is 10.1 Å². The van der Waals surface area contributed by atoms with Gasteiger partial charge in [-0.3, -0.25) is 9.59 Å². The number of carbonyl (C=O) groups excluding carboxylic acids is 2. The second-order valence-electron chi connectivity index (χ2n) is 9.41.